The molecule has 3 N–H and O–H groups in total. The Labute approximate surface area is 83.1 Å². The molecule has 70 valence electrons. The Kier molecular flexibility index (Phi) is 2.18. The molecule has 1 aliphatic rings. The second-order valence-electron chi connectivity index (χ2n) is 3.47. The summed E-state index contributed by atoms with van der Waals surface area (Å²) in [6.07, 6.45) is 0. The molecule has 0 aliphatic carbocycles. The second kappa shape index (κ2) is 3.20. The molecule has 1 heterocycles. The van der Waals surface area contributed by atoms with E-state index in [1.807, 2.05) is 12.1 Å². The summed E-state index contributed by atoms with van der Waals surface area (Å²) in [5, 5.41) is 4.18. The maximum atomic E-state index is 6.12. The highest BCUT2D eigenvalue weighted by Crippen LogP contribution is 2.38. The van der Waals surface area contributed by atoms with Gasteiger partial charge >= 0.3 is 0 Å². The molecule has 13 heavy (non-hydrogen) atoms. The average molecular weight is 197 g/mol. The van der Waals surface area contributed by atoms with Gasteiger partial charge < -0.3 is 11.1 Å². The molecule has 0 spiro atoms. The molecular formula is C10H13ClN2. The van der Waals surface area contributed by atoms with E-state index in [1.165, 1.54) is 16.8 Å². The fourth-order valence-electron chi connectivity index (χ4n) is 1.87. The molecule has 3 heteroatoms. The summed E-state index contributed by atoms with van der Waals surface area (Å²) in [4.78, 5) is 0. The molecule has 1 aromatic rings. The van der Waals surface area contributed by atoms with Crippen LogP contribution in [-0.2, 0) is 0 Å². The molecule has 1 atom stereocenters. The predicted octanol–water partition coefficient (Wildman–Crippen LogP) is 2.12. The quantitative estimate of drug-likeness (QED) is 0.722. The summed E-state index contributed by atoms with van der Waals surface area (Å²) >= 11 is 6.12. The van der Waals surface area contributed by atoms with Gasteiger partial charge in [0.05, 0.1) is 0 Å². The highest BCUT2D eigenvalue weighted by Gasteiger charge is 2.24. The number of hydrogen-bond donors (Lipinski definition) is 2. The summed E-state index contributed by atoms with van der Waals surface area (Å²) in [5.41, 5.74) is 9.30. The van der Waals surface area contributed by atoms with Gasteiger partial charge in [-0.05, 0) is 18.6 Å². The number of aryl methyl sites for hydroxylation is 1. The Morgan fingerprint density at radius 2 is 2.38 bits per heavy atom. The minimum Gasteiger partial charge on any atom is -0.384 e. The summed E-state index contributed by atoms with van der Waals surface area (Å²) < 4.78 is 0. The average Bonchev–Trinajstić information content (AvgIpc) is 2.56. The van der Waals surface area contributed by atoms with Gasteiger partial charge in [-0.15, -0.1) is 0 Å². The van der Waals surface area contributed by atoms with Crippen LogP contribution in [0, 0.1) is 6.92 Å². The summed E-state index contributed by atoms with van der Waals surface area (Å²) in [7, 11) is 0. The lowest BCUT2D eigenvalue weighted by molar-refractivity contribution is 0.767. The van der Waals surface area contributed by atoms with Gasteiger partial charge in [-0.25, -0.2) is 0 Å². The van der Waals surface area contributed by atoms with Crippen molar-refractivity contribution in [3.05, 3.63) is 28.3 Å². The van der Waals surface area contributed by atoms with Crippen molar-refractivity contribution in [2.24, 2.45) is 5.73 Å². The largest absolute Gasteiger partial charge is 0.384 e. The fourth-order valence-corrected chi connectivity index (χ4v) is 2.18. The van der Waals surface area contributed by atoms with E-state index in [2.05, 4.69) is 12.2 Å². The van der Waals surface area contributed by atoms with Crippen LogP contribution < -0.4 is 11.1 Å². The number of benzene rings is 1. The molecule has 0 radical (unpaired) electrons. The smallest absolute Gasteiger partial charge is 0.0462 e. The molecule has 0 saturated carbocycles. The van der Waals surface area contributed by atoms with Crippen molar-refractivity contribution >= 4 is 17.3 Å². The van der Waals surface area contributed by atoms with Crippen molar-refractivity contribution in [3.8, 4) is 0 Å². The van der Waals surface area contributed by atoms with Gasteiger partial charge in [-0.2, -0.15) is 0 Å². The van der Waals surface area contributed by atoms with Gasteiger partial charge in [0, 0.05) is 35.3 Å². The molecule has 2 nitrogen and oxygen atoms in total. The Morgan fingerprint density at radius 1 is 1.62 bits per heavy atom. The summed E-state index contributed by atoms with van der Waals surface area (Å²) in [6.45, 7) is 3.65. The van der Waals surface area contributed by atoms with Crippen LogP contribution in [0.1, 0.15) is 17.0 Å². The Morgan fingerprint density at radius 3 is 3.08 bits per heavy atom. The molecular weight excluding hydrogens is 184 g/mol. The molecule has 1 aromatic carbocycles. The number of rotatable bonds is 1. The lowest BCUT2D eigenvalue weighted by Gasteiger charge is -2.09. The summed E-state index contributed by atoms with van der Waals surface area (Å²) in [6, 6.07) is 3.98. The molecule has 2 rings (SSSR count). The molecule has 0 bridgehead atoms. The zero-order valence-electron chi connectivity index (χ0n) is 7.60. The normalized spacial score (nSPS) is 19.8. The monoisotopic (exact) mass is 196 g/mol. The molecule has 0 aromatic heterocycles. The molecule has 1 aliphatic heterocycles. The maximum absolute atomic E-state index is 6.12. The van der Waals surface area contributed by atoms with E-state index < -0.39 is 0 Å². The summed E-state index contributed by atoms with van der Waals surface area (Å²) in [5.74, 6) is 0.377. The van der Waals surface area contributed by atoms with E-state index in [1.54, 1.807) is 0 Å². The van der Waals surface area contributed by atoms with E-state index in [-0.39, 0.29) is 0 Å². The third-order valence-electron chi connectivity index (χ3n) is 2.62. The zero-order chi connectivity index (χ0) is 9.42. The van der Waals surface area contributed by atoms with E-state index >= 15 is 0 Å². The molecule has 0 saturated heterocycles. The number of halogens is 1. The Balaban J connectivity index is 2.55. The van der Waals surface area contributed by atoms with Gasteiger partial charge in [0.2, 0.25) is 0 Å². The lowest BCUT2D eigenvalue weighted by Crippen LogP contribution is -2.14. The van der Waals surface area contributed by atoms with Crippen LogP contribution in [0.15, 0.2) is 12.1 Å². The van der Waals surface area contributed by atoms with E-state index in [4.69, 9.17) is 17.3 Å². The maximum Gasteiger partial charge on any atom is 0.0462 e. The van der Waals surface area contributed by atoms with Crippen LogP contribution >= 0.6 is 11.6 Å². The van der Waals surface area contributed by atoms with Crippen molar-refractivity contribution in [3.63, 3.8) is 0 Å². The van der Waals surface area contributed by atoms with E-state index in [0.29, 0.717) is 12.5 Å². The third kappa shape index (κ3) is 1.30. The zero-order valence-corrected chi connectivity index (χ0v) is 8.36. The van der Waals surface area contributed by atoms with E-state index in [9.17, 15) is 0 Å². The SMILES string of the molecule is Cc1ccc(Cl)c2c1NCC2CN. The number of hydrogen-bond acceptors (Lipinski definition) is 2. The first-order chi connectivity index (χ1) is 6.24. The standard InChI is InChI=1S/C10H13ClN2/c1-6-2-3-8(11)9-7(4-12)5-13-10(6)9/h2-3,7,13H,4-5,12H2,1H3. The number of nitrogens with two attached hydrogens (primary N) is 1. The number of anilines is 1. The van der Waals surface area contributed by atoms with Crippen molar-refractivity contribution in [1.82, 2.24) is 0 Å². The predicted molar refractivity (Wildman–Crippen MR) is 56.5 cm³/mol. The van der Waals surface area contributed by atoms with Crippen LogP contribution in [-0.4, -0.2) is 13.1 Å². The van der Waals surface area contributed by atoms with Crippen molar-refractivity contribution in [1.29, 1.82) is 0 Å². The minimum atomic E-state index is 0.377. The molecule has 0 amide bonds. The molecule has 0 fully saturated rings. The van der Waals surface area contributed by atoms with Crippen molar-refractivity contribution in [2.45, 2.75) is 12.8 Å². The fraction of sp³-hybridized carbons (Fsp3) is 0.400. The van der Waals surface area contributed by atoms with Crippen LogP contribution in [0.4, 0.5) is 5.69 Å². The first kappa shape index (κ1) is 8.85. The lowest BCUT2D eigenvalue weighted by atomic mass is 9.99. The number of fused-ring (bicyclic) bond motifs is 1. The van der Waals surface area contributed by atoms with Crippen LogP contribution in [0.3, 0.4) is 0 Å². The van der Waals surface area contributed by atoms with Gasteiger partial charge in [-0.1, -0.05) is 17.7 Å². The highest BCUT2D eigenvalue weighted by molar-refractivity contribution is 6.32. The van der Waals surface area contributed by atoms with Crippen LogP contribution in [0.2, 0.25) is 5.02 Å². The van der Waals surface area contributed by atoms with Gasteiger partial charge in [0.1, 0.15) is 0 Å². The van der Waals surface area contributed by atoms with Crippen LogP contribution in [0.25, 0.3) is 0 Å². The Hall–Kier alpha value is -0.730. The topological polar surface area (TPSA) is 38.0 Å². The van der Waals surface area contributed by atoms with Crippen molar-refractivity contribution < 1.29 is 0 Å². The molecule has 1 unspecified atom stereocenters. The third-order valence-corrected chi connectivity index (χ3v) is 2.95. The highest BCUT2D eigenvalue weighted by atomic mass is 35.5. The number of nitrogens with one attached hydrogen (secondary N) is 1. The second-order valence-corrected chi connectivity index (χ2v) is 3.87. The first-order valence-electron chi connectivity index (χ1n) is 4.47. The minimum absolute atomic E-state index is 0.377. The van der Waals surface area contributed by atoms with Gasteiger partial charge in [-0.3, -0.25) is 0 Å². The first-order valence-corrected chi connectivity index (χ1v) is 4.84. The Bertz CT molecular complexity index is 336. The van der Waals surface area contributed by atoms with Gasteiger partial charge in [0.15, 0.2) is 0 Å². The van der Waals surface area contributed by atoms with Crippen molar-refractivity contribution in [2.75, 3.05) is 18.4 Å². The van der Waals surface area contributed by atoms with Crippen LogP contribution in [0.5, 0.6) is 0 Å². The van der Waals surface area contributed by atoms with E-state index in [0.717, 1.165) is 11.6 Å². The van der Waals surface area contributed by atoms with Gasteiger partial charge in [0.25, 0.3) is 0 Å².